The summed E-state index contributed by atoms with van der Waals surface area (Å²) in [7, 11) is 0. The standard InChI is InChI=1S/C12H13ClN2S/c1-8-3-6-12(14-7-8)15-9(2)10-4-5-11(13)16-10/h3-7,9H,1-2H3,(H,14,15). The van der Waals surface area contributed by atoms with Crippen LogP contribution in [-0.2, 0) is 0 Å². The van der Waals surface area contributed by atoms with Crippen molar-refractivity contribution in [3.8, 4) is 0 Å². The quantitative estimate of drug-likeness (QED) is 0.882. The van der Waals surface area contributed by atoms with Crippen molar-refractivity contribution < 1.29 is 0 Å². The molecule has 1 unspecified atom stereocenters. The average Bonchev–Trinajstić information content (AvgIpc) is 2.68. The van der Waals surface area contributed by atoms with E-state index < -0.39 is 0 Å². The van der Waals surface area contributed by atoms with Crippen molar-refractivity contribution in [1.82, 2.24) is 4.98 Å². The van der Waals surface area contributed by atoms with E-state index >= 15 is 0 Å². The van der Waals surface area contributed by atoms with Crippen LogP contribution in [0, 0.1) is 6.92 Å². The highest BCUT2D eigenvalue weighted by Crippen LogP contribution is 2.28. The number of aromatic nitrogens is 1. The molecule has 2 aromatic rings. The lowest BCUT2D eigenvalue weighted by molar-refractivity contribution is 0.896. The monoisotopic (exact) mass is 252 g/mol. The average molecular weight is 253 g/mol. The Bertz CT molecular complexity index is 464. The lowest BCUT2D eigenvalue weighted by Gasteiger charge is -2.12. The van der Waals surface area contributed by atoms with Gasteiger partial charge in [0, 0.05) is 11.1 Å². The highest BCUT2D eigenvalue weighted by Gasteiger charge is 2.08. The SMILES string of the molecule is Cc1ccc(NC(C)c2ccc(Cl)s2)nc1. The molecule has 0 aliphatic rings. The molecular weight excluding hydrogens is 240 g/mol. The number of anilines is 1. The zero-order valence-corrected chi connectivity index (χ0v) is 10.8. The second kappa shape index (κ2) is 4.85. The lowest BCUT2D eigenvalue weighted by Crippen LogP contribution is -2.05. The van der Waals surface area contributed by atoms with Crippen LogP contribution < -0.4 is 5.32 Å². The minimum absolute atomic E-state index is 0.229. The number of pyridine rings is 1. The Hall–Kier alpha value is -1.06. The van der Waals surface area contributed by atoms with E-state index in [2.05, 4.69) is 17.2 Å². The fraction of sp³-hybridized carbons (Fsp3) is 0.250. The maximum atomic E-state index is 5.90. The number of nitrogens with zero attached hydrogens (tertiary/aromatic N) is 1. The summed E-state index contributed by atoms with van der Waals surface area (Å²) in [6.07, 6.45) is 1.86. The molecule has 0 radical (unpaired) electrons. The number of aryl methyl sites for hydroxylation is 1. The Morgan fingerprint density at radius 2 is 2.12 bits per heavy atom. The van der Waals surface area contributed by atoms with Crippen molar-refractivity contribution in [3.63, 3.8) is 0 Å². The molecule has 16 heavy (non-hydrogen) atoms. The molecule has 1 atom stereocenters. The van der Waals surface area contributed by atoms with Gasteiger partial charge in [0.05, 0.1) is 10.4 Å². The van der Waals surface area contributed by atoms with Crippen molar-refractivity contribution in [1.29, 1.82) is 0 Å². The topological polar surface area (TPSA) is 24.9 Å². The molecule has 0 saturated carbocycles. The Balaban J connectivity index is 2.07. The zero-order valence-electron chi connectivity index (χ0n) is 9.20. The molecule has 0 bridgehead atoms. The van der Waals surface area contributed by atoms with Gasteiger partial charge < -0.3 is 5.32 Å². The number of rotatable bonds is 3. The van der Waals surface area contributed by atoms with Crippen LogP contribution in [0.2, 0.25) is 4.34 Å². The minimum atomic E-state index is 0.229. The summed E-state index contributed by atoms with van der Waals surface area (Å²) in [5.74, 6) is 0.891. The van der Waals surface area contributed by atoms with E-state index in [0.29, 0.717) is 0 Å². The number of nitrogens with one attached hydrogen (secondary N) is 1. The largest absolute Gasteiger partial charge is 0.363 e. The number of hydrogen-bond acceptors (Lipinski definition) is 3. The van der Waals surface area contributed by atoms with Crippen molar-refractivity contribution in [2.24, 2.45) is 0 Å². The van der Waals surface area contributed by atoms with Crippen molar-refractivity contribution in [2.75, 3.05) is 5.32 Å². The highest BCUT2D eigenvalue weighted by molar-refractivity contribution is 7.16. The predicted molar refractivity (Wildman–Crippen MR) is 70.3 cm³/mol. The molecule has 2 rings (SSSR count). The van der Waals surface area contributed by atoms with Gasteiger partial charge in [-0.1, -0.05) is 17.7 Å². The van der Waals surface area contributed by atoms with Crippen LogP contribution >= 0.6 is 22.9 Å². The van der Waals surface area contributed by atoms with E-state index in [-0.39, 0.29) is 6.04 Å². The van der Waals surface area contributed by atoms with Crippen LogP contribution in [0.15, 0.2) is 30.5 Å². The van der Waals surface area contributed by atoms with Gasteiger partial charge in [0.15, 0.2) is 0 Å². The third kappa shape index (κ3) is 2.74. The maximum absolute atomic E-state index is 5.90. The van der Waals surface area contributed by atoms with E-state index in [1.54, 1.807) is 11.3 Å². The third-order valence-corrected chi connectivity index (χ3v) is 3.71. The van der Waals surface area contributed by atoms with E-state index in [1.165, 1.54) is 4.88 Å². The molecule has 2 aromatic heterocycles. The van der Waals surface area contributed by atoms with Gasteiger partial charge in [-0.25, -0.2) is 4.98 Å². The van der Waals surface area contributed by atoms with Crippen LogP contribution in [0.5, 0.6) is 0 Å². The van der Waals surface area contributed by atoms with Crippen LogP contribution in [0.25, 0.3) is 0 Å². The first-order valence-corrected chi connectivity index (χ1v) is 6.29. The molecule has 0 fully saturated rings. The Morgan fingerprint density at radius 1 is 1.31 bits per heavy atom. The summed E-state index contributed by atoms with van der Waals surface area (Å²) in [6.45, 7) is 4.13. The first-order chi connectivity index (χ1) is 7.65. The number of halogens is 1. The summed E-state index contributed by atoms with van der Waals surface area (Å²) >= 11 is 7.50. The van der Waals surface area contributed by atoms with Gasteiger partial charge in [-0.15, -0.1) is 11.3 Å². The summed E-state index contributed by atoms with van der Waals surface area (Å²) in [4.78, 5) is 5.53. The summed E-state index contributed by atoms with van der Waals surface area (Å²) in [5.41, 5.74) is 1.16. The van der Waals surface area contributed by atoms with Crippen LogP contribution in [0.4, 0.5) is 5.82 Å². The Kier molecular flexibility index (Phi) is 3.46. The molecule has 0 aliphatic heterocycles. The molecule has 84 valence electrons. The Labute approximate surface area is 104 Å². The molecule has 1 N–H and O–H groups in total. The molecule has 0 amide bonds. The lowest BCUT2D eigenvalue weighted by atomic mass is 10.2. The molecule has 0 spiro atoms. The van der Waals surface area contributed by atoms with Crippen LogP contribution in [0.1, 0.15) is 23.4 Å². The fourth-order valence-corrected chi connectivity index (χ4v) is 2.47. The highest BCUT2D eigenvalue weighted by atomic mass is 35.5. The molecule has 0 aromatic carbocycles. The molecule has 0 saturated heterocycles. The van der Waals surface area contributed by atoms with E-state index in [4.69, 9.17) is 11.6 Å². The minimum Gasteiger partial charge on any atom is -0.363 e. The van der Waals surface area contributed by atoms with Gasteiger partial charge in [-0.3, -0.25) is 0 Å². The van der Waals surface area contributed by atoms with Gasteiger partial charge in [0.2, 0.25) is 0 Å². The molecule has 2 nitrogen and oxygen atoms in total. The van der Waals surface area contributed by atoms with E-state index in [1.807, 2.05) is 37.4 Å². The first kappa shape index (κ1) is 11.4. The second-order valence-electron chi connectivity index (χ2n) is 3.73. The summed E-state index contributed by atoms with van der Waals surface area (Å²) in [6, 6.07) is 8.22. The molecule has 4 heteroatoms. The van der Waals surface area contributed by atoms with Crippen LogP contribution in [0.3, 0.4) is 0 Å². The maximum Gasteiger partial charge on any atom is 0.126 e. The van der Waals surface area contributed by atoms with Gasteiger partial charge in [-0.2, -0.15) is 0 Å². The normalized spacial score (nSPS) is 12.4. The Morgan fingerprint density at radius 3 is 2.69 bits per heavy atom. The number of hydrogen-bond donors (Lipinski definition) is 1. The smallest absolute Gasteiger partial charge is 0.126 e. The summed E-state index contributed by atoms with van der Waals surface area (Å²) in [5, 5.41) is 3.34. The van der Waals surface area contributed by atoms with Gasteiger partial charge in [-0.05, 0) is 37.6 Å². The predicted octanol–water partition coefficient (Wildman–Crippen LogP) is 4.28. The first-order valence-electron chi connectivity index (χ1n) is 5.09. The van der Waals surface area contributed by atoms with Crippen LogP contribution in [-0.4, -0.2) is 4.98 Å². The van der Waals surface area contributed by atoms with E-state index in [9.17, 15) is 0 Å². The zero-order chi connectivity index (χ0) is 11.5. The van der Waals surface area contributed by atoms with Crippen molar-refractivity contribution in [2.45, 2.75) is 19.9 Å². The molecular formula is C12H13ClN2S. The fourth-order valence-electron chi connectivity index (χ4n) is 1.41. The van der Waals surface area contributed by atoms with Gasteiger partial charge in [0.1, 0.15) is 5.82 Å². The second-order valence-corrected chi connectivity index (χ2v) is 5.48. The van der Waals surface area contributed by atoms with Gasteiger partial charge in [0.25, 0.3) is 0 Å². The van der Waals surface area contributed by atoms with Gasteiger partial charge >= 0.3 is 0 Å². The number of thiophene rings is 1. The van der Waals surface area contributed by atoms with E-state index in [0.717, 1.165) is 15.7 Å². The third-order valence-electron chi connectivity index (χ3n) is 2.30. The van der Waals surface area contributed by atoms with Crippen molar-refractivity contribution >= 4 is 28.8 Å². The summed E-state index contributed by atoms with van der Waals surface area (Å²) < 4.78 is 0.820. The van der Waals surface area contributed by atoms with Crippen molar-refractivity contribution in [3.05, 3.63) is 45.2 Å². The molecule has 2 heterocycles. The molecule has 0 aliphatic carbocycles.